The molecule has 1 aliphatic rings. The molecule has 0 radical (unpaired) electrons. The predicted octanol–water partition coefficient (Wildman–Crippen LogP) is 1.09. The fourth-order valence-corrected chi connectivity index (χ4v) is 3.40. The number of hydrogen-bond donors (Lipinski definition) is 1. The van der Waals surface area contributed by atoms with Crippen molar-refractivity contribution in [1.82, 2.24) is 20.0 Å². The Morgan fingerprint density at radius 3 is 3.11 bits per heavy atom. The molecule has 5 nitrogen and oxygen atoms in total. The molecule has 1 fully saturated rings. The largest absolute Gasteiger partial charge is 0.308 e. The Morgan fingerprint density at radius 1 is 1.68 bits per heavy atom. The summed E-state index contributed by atoms with van der Waals surface area (Å²) >= 11 is 5.26. The maximum Gasteiger partial charge on any atom is 0.199 e. The van der Waals surface area contributed by atoms with Crippen LogP contribution >= 0.6 is 27.7 Å². The van der Waals surface area contributed by atoms with Gasteiger partial charge in [-0.2, -0.15) is 16.9 Å². The van der Waals surface area contributed by atoms with E-state index in [-0.39, 0.29) is 11.8 Å². The third-order valence-corrected chi connectivity index (χ3v) is 4.67. The molecular formula is C12H19BrN4OS. The van der Waals surface area contributed by atoms with E-state index in [1.54, 1.807) is 10.9 Å². The van der Waals surface area contributed by atoms with Crippen molar-refractivity contribution in [1.29, 1.82) is 0 Å². The highest BCUT2D eigenvalue weighted by Gasteiger charge is 2.27. The fourth-order valence-electron chi connectivity index (χ4n) is 1.97. The highest BCUT2D eigenvalue weighted by molar-refractivity contribution is 9.10. The highest BCUT2D eigenvalue weighted by Crippen LogP contribution is 2.20. The molecule has 7 heteroatoms. The van der Waals surface area contributed by atoms with Crippen LogP contribution in [0.5, 0.6) is 0 Å². The van der Waals surface area contributed by atoms with Crippen molar-refractivity contribution in [3.05, 3.63) is 16.4 Å². The molecule has 19 heavy (non-hydrogen) atoms. The van der Waals surface area contributed by atoms with Crippen LogP contribution in [0.2, 0.25) is 0 Å². The number of halogens is 1. The maximum atomic E-state index is 12.6. The Balaban J connectivity index is 2.13. The molecule has 2 heterocycles. The lowest BCUT2D eigenvalue weighted by atomic mass is 10.1. The van der Waals surface area contributed by atoms with Crippen LogP contribution in [0.3, 0.4) is 0 Å². The summed E-state index contributed by atoms with van der Waals surface area (Å²) in [7, 11) is 4.03. The minimum Gasteiger partial charge on any atom is -0.308 e. The summed E-state index contributed by atoms with van der Waals surface area (Å²) in [5.41, 5.74) is 0.682. The van der Waals surface area contributed by atoms with Gasteiger partial charge in [0.1, 0.15) is 5.69 Å². The molecule has 1 atom stereocenters. The first-order valence-corrected chi connectivity index (χ1v) is 8.25. The topological polar surface area (TPSA) is 50.2 Å². The van der Waals surface area contributed by atoms with Crippen molar-refractivity contribution in [2.24, 2.45) is 0 Å². The number of ketones is 1. The van der Waals surface area contributed by atoms with Crippen LogP contribution in [-0.2, 0) is 6.54 Å². The standard InChI is InChI=1S/C12H19BrN4OS/c1-16(2)4-5-17-11(9(13)7-15-17)12(18)10-8-19-6-3-14-10/h7,10,14H,3-6,8H2,1-2H3. The number of carbonyl (C=O) groups excluding carboxylic acids is 1. The molecule has 0 aromatic carbocycles. The van der Waals surface area contributed by atoms with E-state index in [1.165, 1.54) is 0 Å². The second-order valence-electron chi connectivity index (χ2n) is 4.81. The van der Waals surface area contributed by atoms with E-state index >= 15 is 0 Å². The lowest BCUT2D eigenvalue weighted by Crippen LogP contribution is -2.44. The summed E-state index contributed by atoms with van der Waals surface area (Å²) < 4.78 is 2.58. The van der Waals surface area contributed by atoms with E-state index in [2.05, 4.69) is 31.2 Å². The average molecular weight is 347 g/mol. The Bertz CT molecular complexity index is 443. The lowest BCUT2D eigenvalue weighted by Gasteiger charge is -2.22. The molecule has 0 spiro atoms. The number of nitrogens with zero attached hydrogens (tertiary/aromatic N) is 3. The Morgan fingerprint density at radius 2 is 2.47 bits per heavy atom. The number of aromatic nitrogens is 2. The SMILES string of the molecule is CN(C)CCn1ncc(Br)c1C(=O)C1CSCCN1. The number of thioether (sulfide) groups is 1. The van der Waals surface area contributed by atoms with Crippen LogP contribution in [0.15, 0.2) is 10.7 Å². The van der Waals surface area contributed by atoms with Crippen LogP contribution in [0.25, 0.3) is 0 Å². The molecule has 0 amide bonds. The molecule has 1 aliphatic heterocycles. The zero-order valence-corrected chi connectivity index (χ0v) is 13.6. The third kappa shape index (κ3) is 3.81. The van der Waals surface area contributed by atoms with Crippen LogP contribution in [0.4, 0.5) is 0 Å². The first-order chi connectivity index (χ1) is 9.09. The second kappa shape index (κ2) is 6.88. The first-order valence-electron chi connectivity index (χ1n) is 6.31. The first kappa shape index (κ1) is 15.0. The van der Waals surface area contributed by atoms with Gasteiger partial charge in [-0.1, -0.05) is 0 Å². The smallest absolute Gasteiger partial charge is 0.199 e. The van der Waals surface area contributed by atoms with Gasteiger partial charge in [0.15, 0.2) is 5.78 Å². The molecule has 1 N–H and O–H groups in total. The van der Waals surface area contributed by atoms with Gasteiger partial charge in [-0.3, -0.25) is 9.48 Å². The Hall–Kier alpha value is -0.370. The summed E-state index contributed by atoms with van der Waals surface area (Å²) in [4.78, 5) is 14.6. The molecule has 1 saturated heterocycles. The second-order valence-corrected chi connectivity index (χ2v) is 6.82. The summed E-state index contributed by atoms with van der Waals surface area (Å²) in [6.07, 6.45) is 1.71. The molecule has 2 rings (SSSR count). The van der Waals surface area contributed by atoms with Gasteiger partial charge in [0, 0.05) is 24.6 Å². The quantitative estimate of drug-likeness (QED) is 0.809. The minimum atomic E-state index is -0.0927. The van der Waals surface area contributed by atoms with Gasteiger partial charge in [-0.05, 0) is 30.0 Å². The highest BCUT2D eigenvalue weighted by atomic mass is 79.9. The Kier molecular flexibility index (Phi) is 5.44. The maximum absolute atomic E-state index is 12.6. The van der Waals surface area contributed by atoms with Crippen LogP contribution in [0, 0.1) is 0 Å². The normalized spacial score (nSPS) is 19.9. The van der Waals surface area contributed by atoms with Gasteiger partial charge >= 0.3 is 0 Å². The lowest BCUT2D eigenvalue weighted by molar-refractivity contribution is 0.0940. The van der Waals surface area contributed by atoms with Crippen LogP contribution in [0.1, 0.15) is 10.5 Å². The molecule has 1 unspecified atom stereocenters. The monoisotopic (exact) mass is 346 g/mol. The molecular weight excluding hydrogens is 328 g/mol. The molecule has 0 aliphatic carbocycles. The summed E-state index contributed by atoms with van der Waals surface area (Å²) in [6, 6.07) is -0.0927. The number of Topliss-reactive ketones (excluding diaryl/α,β-unsaturated/α-hetero) is 1. The zero-order chi connectivity index (χ0) is 13.8. The summed E-state index contributed by atoms with van der Waals surface area (Å²) in [5.74, 6) is 2.05. The van der Waals surface area contributed by atoms with Crippen LogP contribution in [-0.4, -0.2) is 65.2 Å². The molecule has 1 aromatic rings. The third-order valence-electron chi connectivity index (χ3n) is 3.03. The number of nitrogens with one attached hydrogen (secondary N) is 1. The van der Waals surface area contributed by atoms with Gasteiger partial charge in [0.05, 0.1) is 23.3 Å². The van der Waals surface area contributed by atoms with Gasteiger partial charge in [-0.25, -0.2) is 0 Å². The van der Waals surface area contributed by atoms with E-state index in [1.807, 2.05) is 25.9 Å². The number of rotatable bonds is 5. The van der Waals surface area contributed by atoms with Crippen LogP contribution < -0.4 is 5.32 Å². The predicted molar refractivity (Wildman–Crippen MR) is 81.9 cm³/mol. The Labute approximate surface area is 126 Å². The van der Waals surface area contributed by atoms with Crippen molar-refractivity contribution in [2.45, 2.75) is 12.6 Å². The molecule has 0 saturated carbocycles. The van der Waals surface area contributed by atoms with E-state index in [9.17, 15) is 4.79 Å². The fraction of sp³-hybridized carbons (Fsp3) is 0.667. The van der Waals surface area contributed by atoms with Gasteiger partial charge in [0.25, 0.3) is 0 Å². The number of hydrogen-bond acceptors (Lipinski definition) is 5. The molecule has 106 valence electrons. The average Bonchev–Trinajstić information content (AvgIpc) is 2.78. The number of carbonyl (C=O) groups is 1. The van der Waals surface area contributed by atoms with E-state index < -0.39 is 0 Å². The van der Waals surface area contributed by atoms with Crippen molar-refractivity contribution in [3.8, 4) is 0 Å². The zero-order valence-electron chi connectivity index (χ0n) is 11.2. The van der Waals surface area contributed by atoms with Gasteiger partial charge in [-0.15, -0.1) is 0 Å². The van der Waals surface area contributed by atoms with Gasteiger partial charge in [0.2, 0.25) is 0 Å². The van der Waals surface area contributed by atoms with Crippen molar-refractivity contribution in [3.63, 3.8) is 0 Å². The summed E-state index contributed by atoms with van der Waals surface area (Å²) in [5, 5.41) is 7.58. The molecule has 1 aromatic heterocycles. The van der Waals surface area contributed by atoms with Gasteiger partial charge < -0.3 is 10.2 Å². The summed E-state index contributed by atoms with van der Waals surface area (Å²) in [6.45, 7) is 2.48. The molecule has 0 bridgehead atoms. The van der Waals surface area contributed by atoms with E-state index in [0.29, 0.717) is 5.69 Å². The van der Waals surface area contributed by atoms with E-state index in [4.69, 9.17) is 0 Å². The minimum absolute atomic E-state index is 0.0927. The van der Waals surface area contributed by atoms with Crippen molar-refractivity contribution in [2.75, 3.05) is 38.7 Å². The van der Waals surface area contributed by atoms with Crippen molar-refractivity contribution < 1.29 is 4.79 Å². The number of likely N-dealkylation sites (N-methyl/N-ethyl adjacent to an activating group) is 1. The van der Waals surface area contributed by atoms with Crippen molar-refractivity contribution >= 4 is 33.5 Å². The van der Waals surface area contributed by atoms with E-state index in [0.717, 1.165) is 35.6 Å².